The van der Waals surface area contributed by atoms with Crippen LogP contribution in [0, 0.1) is 0 Å². The average Bonchev–Trinajstić information content (AvgIpc) is 2.47. The molecule has 1 atom stereocenters. The van der Waals surface area contributed by atoms with Crippen LogP contribution in [-0.2, 0) is 0 Å². The Morgan fingerprint density at radius 3 is 3.00 bits per heavy atom. The lowest BCUT2D eigenvalue weighted by molar-refractivity contribution is 0.190. The second-order valence-corrected chi connectivity index (χ2v) is 4.57. The number of rotatable bonds is 3. The van der Waals surface area contributed by atoms with Gasteiger partial charge in [-0.25, -0.2) is 0 Å². The minimum atomic E-state index is -0.683. The molecule has 4 nitrogen and oxygen atoms in total. The number of thiophene rings is 1. The van der Waals surface area contributed by atoms with Crippen molar-refractivity contribution in [2.45, 2.75) is 6.10 Å². The van der Waals surface area contributed by atoms with Crippen molar-refractivity contribution >= 4 is 27.3 Å². The van der Waals surface area contributed by atoms with Gasteiger partial charge in [0.15, 0.2) is 0 Å². The van der Waals surface area contributed by atoms with E-state index in [-0.39, 0.29) is 6.54 Å². The minimum absolute atomic E-state index is 0.0868. The maximum absolute atomic E-state index is 9.39. The molecule has 0 radical (unpaired) electrons. The highest BCUT2D eigenvalue weighted by molar-refractivity contribution is 9.11. The first kappa shape index (κ1) is 9.54. The number of aliphatic hydroxyl groups is 1. The van der Waals surface area contributed by atoms with Crippen LogP contribution in [0.1, 0.15) is 11.0 Å². The zero-order chi connectivity index (χ0) is 8.97. The molecule has 0 fully saturated rings. The fourth-order valence-electron chi connectivity index (χ4n) is 0.711. The Bertz CT molecular complexity index is 307. The molecule has 0 saturated carbocycles. The summed E-state index contributed by atoms with van der Waals surface area (Å²) in [6.07, 6.45) is -0.683. The van der Waals surface area contributed by atoms with Gasteiger partial charge in [-0.15, -0.1) is 11.3 Å². The van der Waals surface area contributed by atoms with Crippen LogP contribution in [0.4, 0.5) is 0 Å². The third-order valence-electron chi connectivity index (χ3n) is 1.24. The van der Waals surface area contributed by atoms with Gasteiger partial charge in [-0.1, -0.05) is 5.11 Å². The van der Waals surface area contributed by atoms with E-state index in [9.17, 15) is 5.11 Å². The van der Waals surface area contributed by atoms with Gasteiger partial charge in [0.25, 0.3) is 0 Å². The Kier molecular flexibility index (Phi) is 3.55. The normalized spacial score (nSPS) is 12.2. The first-order valence-corrected chi connectivity index (χ1v) is 4.79. The van der Waals surface area contributed by atoms with E-state index in [1.807, 2.05) is 6.07 Å². The third-order valence-corrected chi connectivity index (χ3v) is 2.97. The molecule has 64 valence electrons. The highest BCUT2D eigenvalue weighted by Crippen LogP contribution is 2.27. The molecule has 12 heavy (non-hydrogen) atoms. The van der Waals surface area contributed by atoms with Crippen molar-refractivity contribution in [3.8, 4) is 0 Å². The summed E-state index contributed by atoms with van der Waals surface area (Å²) in [6, 6.07) is 3.64. The van der Waals surface area contributed by atoms with Crippen LogP contribution in [0.15, 0.2) is 21.0 Å². The van der Waals surface area contributed by atoms with Gasteiger partial charge in [-0.05, 0) is 33.6 Å². The van der Waals surface area contributed by atoms with E-state index in [2.05, 4.69) is 26.0 Å². The lowest BCUT2D eigenvalue weighted by Gasteiger charge is -2.01. The Labute approximate surface area is 81.6 Å². The van der Waals surface area contributed by atoms with Crippen LogP contribution in [0.5, 0.6) is 0 Å². The third kappa shape index (κ3) is 2.49. The molecule has 1 heterocycles. The summed E-state index contributed by atoms with van der Waals surface area (Å²) in [4.78, 5) is 3.37. The second kappa shape index (κ2) is 4.47. The molecule has 0 aliphatic rings. The Hall–Kier alpha value is -0.550. The Morgan fingerprint density at radius 2 is 2.50 bits per heavy atom. The molecule has 0 aromatic carbocycles. The fourth-order valence-corrected chi connectivity index (χ4v) is 2.11. The number of halogens is 1. The van der Waals surface area contributed by atoms with Crippen LogP contribution >= 0.6 is 27.3 Å². The Balaban J connectivity index is 2.64. The molecule has 0 aliphatic carbocycles. The van der Waals surface area contributed by atoms with E-state index in [4.69, 9.17) is 5.53 Å². The summed E-state index contributed by atoms with van der Waals surface area (Å²) in [5.74, 6) is 0. The standard InChI is InChI=1S/C6H6BrN3OS/c7-6-2-1-5(12-6)4(11)3-9-10-8/h1-2,4,11H,3H2/t4-/m0/s1. The molecule has 0 unspecified atom stereocenters. The van der Waals surface area contributed by atoms with Gasteiger partial charge in [0.2, 0.25) is 0 Å². The van der Waals surface area contributed by atoms with Gasteiger partial charge in [0.05, 0.1) is 16.4 Å². The number of azide groups is 1. The van der Waals surface area contributed by atoms with E-state index in [0.717, 1.165) is 8.66 Å². The van der Waals surface area contributed by atoms with Gasteiger partial charge in [0, 0.05) is 9.79 Å². The number of hydrogen-bond acceptors (Lipinski definition) is 3. The minimum Gasteiger partial charge on any atom is -0.387 e. The SMILES string of the molecule is [N-]=[N+]=NC[C@H](O)c1ccc(Br)s1. The lowest BCUT2D eigenvalue weighted by Crippen LogP contribution is -1.97. The number of aliphatic hydroxyl groups excluding tert-OH is 1. The molecule has 1 aromatic heterocycles. The maximum atomic E-state index is 9.39. The summed E-state index contributed by atoms with van der Waals surface area (Å²) < 4.78 is 0.956. The molecule has 0 amide bonds. The van der Waals surface area contributed by atoms with Crippen LogP contribution in [0.2, 0.25) is 0 Å². The maximum Gasteiger partial charge on any atom is 0.0938 e. The molecule has 1 aromatic rings. The van der Waals surface area contributed by atoms with Crippen molar-refractivity contribution < 1.29 is 5.11 Å². The first-order valence-electron chi connectivity index (χ1n) is 3.18. The molecule has 0 spiro atoms. The van der Waals surface area contributed by atoms with Crippen LogP contribution < -0.4 is 0 Å². The van der Waals surface area contributed by atoms with Crippen molar-refractivity contribution in [2.24, 2.45) is 5.11 Å². The monoisotopic (exact) mass is 247 g/mol. The number of hydrogen-bond donors (Lipinski definition) is 1. The lowest BCUT2D eigenvalue weighted by atomic mass is 10.3. The molecule has 1 rings (SSSR count). The zero-order valence-corrected chi connectivity index (χ0v) is 8.42. The van der Waals surface area contributed by atoms with Crippen LogP contribution in [0.25, 0.3) is 10.4 Å². The highest BCUT2D eigenvalue weighted by atomic mass is 79.9. The fraction of sp³-hybridized carbons (Fsp3) is 0.333. The second-order valence-electron chi connectivity index (χ2n) is 2.07. The molecule has 0 bridgehead atoms. The van der Waals surface area contributed by atoms with Gasteiger partial charge >= 0.3 is 0 Å². The quantitative estimate of drug-likeness (QED) is 0.498. The molecule has 6 heteroatoms. The average molecular weight is 248 g/mol. The van der Waals surface area contributed by atoms with E-state index in [1.165, 1.54) is 11.3 Å². The van der Waals surface area contributed by atoms with Crippen LogP contribution in [-0.4, -0.2) is 11.7 Å². The van der Waals surface area contributed by atoms with E-state index in [1.54, 1.807) is 6.07 Å². The summed E-state index contributed by atoms with van der Waals surface area (Å²) >= 11 is 4.70. The predicted octanol–water partition coefficient (Wildman–Crippen LogP) is 2.85. The van der Waals surface area contributed by atoms with E-state index in [0.29, 0.717) is 0 Å². The van der Waals surface area contributed by atoms with E-state index < -0.39 is 6.10 Å². The highest BCUT2D eigenvalue weighted by Gasteiger charge is 2.07. The summed E-state index contributed by atoms with van der Waals surface area (Å²) in [5.41, 5.74) is 8.01. The first-order chi connectivity index (χ1) is 5.74. The van der Waals surface area contributed by atoms with Crippen LogP contribution in [0.3, 0.4) is 0 Å². The van der Waals surface area contributed by atoms with Crippen molar-refractivity contribution in [3.05, 3.63) is 31.2 Å². The largest absolute Gasteiger partial charge is 0.387 e. The summed E-state index contributed by atoms with van der Waals surface area (Å²) in [7, 11) is 0. The van der Waals surface area contributed by atoms with Crippen molar-refractivity contribution in [1.82, 2.24) is 0 Å². The molecule has 0 aliphatic heterocycles. The molecular formula is C6H6BrN3OS. The zero-order valence-electron chi connectivity index (χ0n) is 6.01. The van der Waals surface area contributed by atoms with Gasteiger partial charge in [-0.3, -0.25) is 0 Å². The van der Waals surface area contributed by atoms with Gasteiger partial charge in [0.1, 0.15) is 0 Å². The van der Waals surface area contributed by atoms with Crippen molar-refractivity contribution in [3.63, 3.8) is 0 Å². The summed E-state index contributed by atoms with van der Waals surface area (Å²) in [5, 5.41) is 12.7. The van der Waals surface area contributed by atoms with E-state index >= 15 is 0 Å². The van der Waals surface area contributed by atoms with Gasteiger partial charge < -0.3 is 5.11 Å². The Morgan fingerprint density at radius 1 is 1.75 bits per heavy atom. The topological polar surface area (TPSA) is 69.0 Å². The van der Waals surface area contributed by atoms with Gasteiger partial charge in [-0.2, -0.15) is 0 Å². The molecule has 0 saturated heterocycles. The summed E-state index contributed by atoms with van der Waals surface area (Å²) in [6.45, 7) is 0.0868. The molecule has 1 N–H and O–H groups in total. The van der Waals surface area contributed by atoms with Crippen molar-refractivity contribution in [1.29, 1.82) is 0 Å². The smallest absolute Gasteiger partial charge is 0.0938 e. The van der Waals surface area contributed by atoms with Crippen molar-refractivity contribution in [2.75, 3.05) is 6.54 Å². The number of nitrogens with zero attached hydrogens (tertiary/aromatic N) is 3. The molecular weight excluding hydrogens is 242 g/mol. The predicted molar refractivity (Wildman–Crippen MR) is 51.0 cm³/mol.